The molecule has 0 saturated heterocycles. The second-order valence-corrected chi connectivity index (χ2v) is 17.4. The minimum atomic E-state index is -0.107. The first-order valence-electron chi connectivity index (χ1n) is 24.6. The normalized spacial score (nSPS) is 12.8. The van der Waals surface area contributed by atoms with Crippen molar-refractivity contribution in [3.8, 4) is 0 Å². The third-order valence-electron chi connectivity index (χ3n) is 11.3. The highest BCUT2D eigenvalue weighted by atomic mass is 16.5. The number of carbonyl (C=O) groups excluding carboxylic acids is 2. The van der Waals surface area contributed by atoms with Crippen LogP contribution in [0.15, 0.2) is 0 Å². The van der Waals surface area contributed by atoms with E-state index >= 15 is 0 Å². The van der Waals surface area contributed by atoms with Gasteiger partial charge in [-0.1, -0.05) is 195 Å². The number of unbranched alkanes of at least 4 members (excludes halogenated alkanes) is 26. The third-order valence-corrected chi connectivity index (χ3v) is 11.3. The Morgan fingerprint density at radius 1 is 0.382 bits per heavy atom. The lowest BCUT2D eigenvalue weighted by Crippen LogP contribution is -2.42. The van der Waals surface area contributed by atoms with Gasteiger partial charge in [0.1, 0.15) is 12.2 Å². The first-order chi connectivity index (χ1) is 26.9. The number of nitrogens with zero attached hydrogens (tertiary/aromatic N) is 2. The lowest BCUT2D eigenvalue weighted by molar-refractivity contribution is -0.152. The van der Waals surface area contributed by atoms with Crippen molar-refractivity contribution in [3.05, 3.63) is 0 Å². The van der Waals surface area contributed by atoms with E-state index in [0.29, 0.717) is 12.8 Å². The summed E-state index contributed by atoms with van der Waals surface area (Å²) < 4.78 is 12.6. The van der Waals surface area contributed by atoms with Gasteiger partial charge in [-0.15, -0.1) is 0 Å². The standard InChI is InChI=1S/C49H98N2O4/c1-7-11-15-19-23-25-27-31-35-40-48(52)54-46(38-33-29-21-17-13-9-3)44-51(43-37-42-50(5)6)45-47(39-34-30-22-18-14-10-4)55-49(53)41-36-32-28-26-24-20-16-12-8-2/h46-47H,7-45H2,1-6H3. The Kier molecular flexibility index (Phi) is 41.6. The van der Waals surface area contributed by atoms with E-state index in [-0.39, 0.29) is 24.1 Å². The van der Waals surface area contributed by atoms with Gasteiger partial charge in [-0.2, -0.15) is 0 Å². The fourth-order valence-electron chi connectivity index (χ4n) is 7.77. The second kappa shape index (κ2) is 42.5. The van der Waals surface area contributed by atoms with Gasteiger partial charge in [-0.05, 0) is 72.1 Å². The van der Waals surface area contributed by atoms with Crippen LogP contribution in [0, 0.1) is 0 Å². The van der Waals surface area contributed by atoms with Gasteiger partial charge >= 0.3 is 11.9 Å². The molecule has 2 unspecified atom stereocenters. The number of esters is 2. The average Bonchev–Trinajstić information content (AvgIpc) is 3.15. The van der Waals surface area contributed by atoms with E-state index in [1.807, 2.05) is 0 Å². The quantitative estimate of drug-likeness (QED) is 0.0453. The van der Waals surface area contributed by atoms with Gasteiger partial charge in [0.2, 0.25) is 0 Å². The highest BCUT2D eigenvalue weighted by molar-refractivity contribution is 5.69. The summed E-state index contributed by atoms with van der Waals surface area (Å²) in [5, 5.41) is 0. The Morgan fingerprint density at radius 2 is 0.673 bits per heavy atom. The first kappa shape index (κ1) is 53.9. The number of ether oxygens (including phenoxy) is 2. The molecule has 0 aromatic carbocycles. The van der Waals surface area contributed by atoms with Crippen molar-refractivity contribution < 1.29 is 19.1 Å². The van der Waals surface area contributed by atoms with Crippen molar-refractivity contribution in [2.75, 3.05) is 40.3 Å². The molecule has 0 aromatic heterocycles. The molecule has 0 spiro atoms. The maximum atomic E-state index is 13.2. The van der Waals surface area contributed by atoms with E-state index in [4.69, 9.17) is 9.47 Å². The molecule has 0 aliphatic carbocycles. The lowest BCUT2D eigenvalue weighted by atomic mass is 10.0. The van der Waals surface area contributed by atoms with Crippen molar-refractivity contribution in [2.45, 2.75) is 265 Å². The lowest BCUT2D eigenvalue weighted by Gasteiger charge is -2.31. The van der Waals surface area contributed by atoms with Crippen LogP contribution in [-0.2, 0) is 19.1 Å². The smallest absolute Gasteiger partial charge is 0.306 e. The molecular weight excluding hydrogens is 681 g/mol. The van der Waals surface area contributed by atoms with Crippen LogP contribution in [0.5, 0.6) is 0 Å². The summed E-state index contributed by atoms with van der Waals surface area (Å²) in [6, 6.07) is 0. The van der Waals surface area contributed by atoms with E-state index in [0.717, 1.165) is 84.0 Å². The maximum absolute atomic E-state index is 13.2. The van der Waals surface area contributed by atoms with Gasteiger partial charge < -0.3 is 14.4 Å². The predicted octanol–water partition coefficient (Wildman–Crippen LogP) is 14.4. The molecule has 0 rings (SSSR count). The SMILES string of the molecule is CCCCCCCCCCCC(=O)OC(CCCCCCCC)CN(CCCN(C)C)CC(CCCCCCCC)OC(=O)CCCCCCCCCCC. The largest absolute Gasteiger partial charge is 0.461 e. The third kappa shape index (κ3) is 39.5. The van der Waals surface area contributed by atoms with Gasteiger partial charge in [-0.25, -0.2) is 0 Å². The van der Waals surface area contributed by atoms with Gasteiger partial charge in [0.15, 0.2) is 0 Å². The minimum Gasteiger partial charge on any atom is -0.461 e. The molecule has 0 fully saturated rings. The van der Waals surface area contributed by atoms with Crippen molar-refractivity contribution >= 4 is 11.9 Å². The highest BCUT2D eigenvalue weighted by Crippen LogP contribution is 2.19. The summed E-state index contributed by atoms with van der Waals surface area (Å²) in [6.45, 7) is 12.5. The number of hydrogen-bond donors (Lipinski definition) is 0. The van der Waals surface area contributed by atoms with Gasteiger partial charge in [0.25, 0.3) is 0 Å². The predicted molar refractivity (Wildman–Crippen MR) is 239 cm³/mol. The second-order valence-electron chi connectivity index (χ2n) is 17.4. The molecule has 0 aliphatic rings. The molecule has 0 amide bonds. The molecule has 6 nitrogen and oxygen atoms in total. The molecule has 0 bridgehead atoms. The Bertz CT molecular complexity index is 748. The molecule has 2 atom stereocenters. The average molecular weight is 779 g/mol. The summed E-state index contributed by atoms with van der Waals surface area (Å²) >= 11 is 0. The zero-order valence-corrected chi connectivity index (χ0v) is 38.3. The van der Waals surface area contributed by atoms with Crippen LogP contribution in [0.4, 0.5) is 0 Å². The molecule has 0 aliphatic heterocycles. The van der Waals surface area contributed by atoms with E-state index in [1.165, 1.54) is 154 Å². The topological polar surface area (TPSA) is 59.1 Å². The van der Waals surface area contributed by atoms with Crippen LogP contribution in [0.2, 0.25) is 0 Å². The summed E-state index contributed by atoms with van der Waals surface area (Å²) in [5.74, 6) is -0.0497. The molecular formula is C49H98N2O4. The summed E-state index contributed by atoms with van der Waals surface area (Å²) in [6.07, 6.45) is 41.0. The monoisotopic (exact) mass is 779 g/mol. The van der Waals surface area contributed by atoms with Crippen molar-refractivity contribution in [1.82, 2.24) is 9.80 Å². The zero-order valence-electron chi connectivity index (χ0n) is 38.3. The first-order valence-corrected chi connectivity index (χ1v) is 24.6. The van der Waals surface area contributed by atoms with Crippen LogP contribution in [0.25, 0.3) is 0 Å². The summed E-state index contributed by atoms with van der Waals surface area (Å²) in [4.78, 5) is 31.2. The summed E-state index contributed by atoms with van der Waals surface area (Å²) in [5.41, 5.74) is 0. The van der Waals surface area contributed by atoms with Crippen molar-refractivity contribution in [2.24, 2.45) is 0 Å². The van der Waals surface area contributed by atoms with E-state index in [9.17, 15) is 9.59 Å². The molecule has 0 N–H and O–H groups in total. The highest BCUT2D eigenvalue weighted by Gasteiger charge is 2.23. The maximum Gasteiger partial charge on any atom is 0.306 e. The van der Waals surface area contributed by atoms with Gasteiger partial charge in [0.05, 0.1) is 0 Å². The Hall–Kier alpha value is -1.14. The molecule has 0 aromatic rings. The minimum absolute atomic E-state index is 0.0248. The summed E-state index contributed by atoms with van der Waals surface area (Å²) in [7, 11) is 4.27. The van der Waals surface area contributed by atoms with Crippen LogP contribution < -0.4 is 0 Å². The van der Waals surface area contributed by atoms with Crippen molar-refractivity contribution in [3.63, 3.8) is 0 Å². The fourth-order valence-corrected chi connectivity index (χ4v) is 7.77. The van der Waals surface area contributed by atoms with Crippen molar-refractivity contribution in [1.29, 1.82) is 0 Å². The van der Waals surface area contributed by atoms with Crippen LogP contribution in [0.1, 0.15) is 252 Å². The van der Waals surface area contributed by atoms with Gasteiger partial charge in [0, 0.05) is 25.9 Å². The van der Waals surface area contributed by atoms with E-state index in [1.54, 1.807) is 0 Å². The number of carbonyl (C=O) groups is 2. The molecule has 6 heteroatoms. The Balaban J connectivity index is 5.45. The van der Waals surface area contributed by atoms with Crippen LogP contribution >= 0.6 is 0 Å². The van der Waals surface area contributed by atoms with Crippen LogP contribution in [0.3, 0.4) is 0 Å². The Morgan fingerprint density at radius 3 is 0.982 bits per heavy atom. The number of hydrogen-bond acceptors (Lipinski definition) is 6. The van der Waals surface area contributed by atoms with E-state index in [2.05, 4.69) is 51.6 Å². The Labute approximate surface area is 344 Å². The van der Waals surface area contributed by atoms with E-state index < -0.39 is 0 Å². The molecule has 328 valence electrons. The fraction of sp³-hybridized carbons (Fsp3) is 0.959. The molecule has 0 saturated carbocycles. The molecule has 0 heterocycles. The zero-order chi connectivity index (χ0) is 40.5. The van der Waals surface area contributed by atoms with Crippen LogP contribution in [-0.4, -0.2) is 74.2 Å². The van der Waals surface area contributed by atoms with Gasteiger partial charge in [-0.3, -0.25) is 14.5 Å². The molecule has 55 heavy (non-hydrogen) atoms. The number of rotatable bonds is 44. The molecule has 0 radical (unpaired) electrons.